The third-order valence-electron chi connectivity index (χ3n) is 2.44. The summed E-state index contributed by atoms with van der Waals surface area (Å²) in [6, 6.07) is 5.70. The molecule has 2 aromatic rings. The average Bonchev–Trinajstić information content (AvgIpc) is 2.42. The van der Waals surface area contributed by atoms with Crippen LogP contribution in [0.2, 0.25) is 5.02 Å². The van der Waals surface area contributed by atoms with Crippen LogP contribution in [0.3, 0.4) is 0 Å². The Labute approximate surface area is 87.5 Å². The van der Waals surface area contributed by atoms with Crippen molar-refractivity contribution in [2.45, 2.75) is 20.0 Å². The molecular formula is C11H12ClNO. The quantitative estimate of drug-likeness (QED) is 0.744. The van der Waals surface area contributed by atoms with Crippen molar-refractivity contribution < 1.29 is 5.11 Å². The summed E-state index contributed by atoms with van der Waals surface area (Å²) < 4.78 is 0. The highest BCUT2D eigenvalue weighted by Crippen LogP contribution is 2.31. The first kappa shape index (κ1) is 9.56. The average molecular weight is 210 g/mol. The van der Waals surface area contributed by atoms with Crippen LogP contribution in [0.25, 0.3) is 10.9 Å². The van der Waals surface area contributed by atoms with E-state index in [-0.39, 0.29) is 0 Å². The smallest absolute Gasteiger partial charge is 0.0785 e. The predicted molar refractivity (Wildman–Crippen MR) is 58.7 cm³/mol. The van der Waals surface area contributed by atoms with Gasteiger partial charge in [-0.1, -0.05) is 23.7 Å². The highest BCUT2D eigenvalue weighted by Gasteiger charge is 2.13. The zero-order valence-electron chi connectivity index (χ0n) is 8.13. The summed E-state index contributed by atoms with van der Waals surface area (Å²) >= 11 is 6.03. The number of hydrogen-bond acceptors (Lipinski definition) is 1. The lowest BCUT2D eigenvalue weighted by Gasteiger charge is -2.03. The van der Waals surface area contributed by atoms with Crippen LogP contribution in [0.5, 0.6) is 0 Å². The molecule has 3 heteroatoms. The van der Waals surface area contributed by atoms with Crippen molar-refractivity contribution >= 4 is 22.5 Å². The molecule has 2 N–H and O–H groups in total. The van der Waals surface area contributed by atoms with Gasteiger partial charge in [-0.15, -0.1) is 0 Å². The summed E-state index contributed by atoms with van der Waals surface area (Å²) in [5, 5.41) is 11.3. The molecule has 2 rings (SSSR count). The first-order valence-corrected chi connectivity index (χ1v) is 4.94. The molecule has 0 amide bonds. The molecule has 0 aliphatic rings. The Kier molecular flexibility index (Phi) is 2.25. The number of aryl methyl sites for hydroxylation is 1. The van der Waals surface area contributed by atoms with Gasteiger partial charge in [0.05, 0.1) is 16.6 Å². The molecule has 0 radical (unpaired) electrons. The minimum absolute atomic E-state index is 0.470. The van der Waals surface area contributed by atoms with Crippen LogP contribution < -0.4 is 0 Å². The van der Waals surface area contributed by atoms with Gasteiger partial charge in [0.15, 0.2) is 0 Å². The van der Waals surface area contributed by atoms with E-state index in [0.29, 0.717) is 5.02 Å². The molecule has 0 bridgehead atoms. The van der Waals surface area contributed by atoms with E-state index in [1.54, 1.807) is 6.92 Å². The van der Waals surface area contributed by atoms with Gasteiger partial charge in [0, 0.05) is 16.6 Å². The number of nitrogens with one attached hydrogen (secondary N) is 1. The molecule has 14 heavy (non-hydrogen) atoms. The Bertz CT molecular complexity index is 473. The lowest BCUT2D eigenvalue weighted by Crippen LogP contribution is -1.91. The Hall–Kier alpha value is -0.990. The summed E-state index contributed by atoms with van der Waals surface area (Å²) in [6.07, 6.45) is -0.470. The second-order valence-electron chi connectivity index (χ2n) is 3.50. The molecule has 74 valence electrons. The van der Waals surface area contributed by atoms with Gasteiger partial charge in [0.1, 0.15) is 0 Å². The summed E-state index contributed by atoms with van der Waals surface area (Å²) in [5.74, 6) is 0. The fourth-order valence-corrected chi connectivity index (χ4v) is 2.09. The fraction of sp³-hybridized carbons (Fsp3) is 0.273. The van der Waals surface area contributed by atoms with Crippen molar-refractivity contribution in [1.82, 2.24) is 4.98 Å². The second-order valence-corrected chi connectivity index (χ2v) is 3.91. The van der Waals surface area contributed by atoms with Crippen molar-refractivity contribution in [1.29, 1.82) is 0 Å². The fourth-order valence-electron chi connectivity index (χ4n) is 1.87. The highest BCUT2D eigenvalue weighted by atomic mass is 35.5. The van der Waals surface area contributed by atoms with Gasteiger partial charge in [-0.05, 0) is 19.9 Å². The number of aliphatic hydroxyl groups excluding tert-OH is 1. The standard InChI is InChI=1S/C11H12ClNO/c1-6-10(7(2)14)8-4-3-5-9(12)11(8)13-6/h3-5,7,13-14H,1-2H3. The zero-order valence-corrected chi connectivity index (χ0v) is 8.89. The van der Waals surface area contributed by atoms with Gasteiger partial charge >= 0.3 is 0 Å². The molecule has 0 aliphatic carbocycles. The summed E-state index contributed by atoms with van der Waals surface area (Å²) in [7, 11) is 0. The molecule has 0 fully saturated rings. The number of aromatic nitrogens is 1. The van der Waals surface area contributed by atoms with Gasteiger partial charge in [0.2, 0.25) is 0 Å². The Balaban J connectivity index is 2.83. The van der Waals surface area contributed by atoms with Crippen molar-refractivity contribution in [3.8, 4) is 0 Å². The number of halogens is 1. The molecule has 0 aliphatic heterocycles. The van der Waals surface area contributed by atoms with E-state index < -0.39 is 6.10 Å². The molecule has 0 saturated heterocycles. The maximum atomic E-state index is 9.62. The summed E-state index contributed by atoms with van der Waals surface area (Å²) in [4.78, 5) is 3.18. The van der Waals surface area contributed by atoms with E-state index in [1.807, 2.05) is 25.1 Å². The van der Waals surface area contributed by atoms with Crippen LogP contribution in [0.4, 0.5) is 0 Å². The first-order valence-electron chi connectivity index (χ1n) is 4.56. The van der Waals surface area contributed by atoms with Crippen LogP contribution in [0.1, 0.15) is 24.3 Å². The maximum Gasteiger partial charge on any atom is 0.0785 e. The number of aromatic amines is 1. The number of fused-ring (bicyclic) bond motifs is 1. The second kappa shape index (κ2) is 3.30. The molecule has 1 aromatic carbocycles. The van der Waals surface area contributed by atoms with E-state index in [9.17, 15) is 5.11 Å². The Morgan fingerprint density at radius 2 is 2.14 bits per heavy atom. The van der Waals surface area contributed by atoms with Crippen LogP contribution in [0.15, 0.2) is 18.2 Å². The third-order valence-corrected chi connectivity index (χ3v) is 2.75. The number of aliphatic hydroxyl groups is 1. The third kappa shape index (κ3) is 1.31. The minimum Gasteiger partial charge on any atom is -0.389 e. The zero-order chi connectivity index (χ0) is 10.3. The highest BCUT2D eigenvalue weighted by molar-refractivity contribution is 6.35. The molecular weight excluding hydrogens is 198 g/mol. The van der Waals surface area contributed by atoms with Crippen molar-refractivity contribution in [2.75, 3.05) is 0 Å². The number of hydrogen-bond donors (Lipinski definition) is 2. The van der Waals surface area contributed by atoms with Gasteiger partial charge in [-0.25, -0.2) is 0 Å². The van der Waals surface area contributed by atoms with Crippen molar-refractivity contribution in [3.63, 3.8) is 0 Å². The number of benzene rings is 1. The largest absolute Gasteiger partial charge is 0.389 e. The molecule has 0 saturated carbocycles. The minimum atomic E-state index is -0.470. The molecule has 1 unspecified atom stereocenters. The van der Waals surface area contributed by atoms with Crippen molar-refractivity contribution in [3.05, 3.63) is 34.5 Å². The number of H-pyrrole nitrogens is 1. The summed E-state index contributed by atoms with van der Waals surface area (Å²) in [6.45, 7) is 3.70. The molecule has 1 atom stereocenters. The van der Waals surface area contributed by atoms with E-state index in [4.69, 9.17) is 11.6 Å². The summed E-state index contributed by atoms with van der Waals surface area (Å²) in [5.41, 5.74) is 2.81. The van der Waals surface area contributed by atoms with Gasteiger partial charge in [-0.3, -0.25) is 0 Å². The topological polar surface area (TPSA) is 36.0 Å². The van der Waals surface area contributed by atoms with Gasteiger partial charge in [0.25, 0.3) is 0 Å². The van der Waals surface area contributed by atoms with Crippen LogP contribution in [0, 0.1) is 6.92 Å². The lowest BCUT2D eigenvalue weighted by molar-refractivity contribution is 0.200. The van der Waals surface area contributed by atoms with E-state index in [0.717, 1.165) is 22.2 Å². The van der Waals surface area contributed by atoms with Crippen molar-refractivity contribution in [2.24, 2.45) is 0 Å². The van der Waals surface area contributed by atoms with Crippen LogP contribution in [-0.2, 0) is 0 Å². The molecule has 1 aromatic heterocycles. The van der Waals surface area contributed by atoms with Gasteiger partial charge in [-0.2, -0.15) is 0 Å². The molecule has 1 heterocycles. The van der Waals surface area contributed by atoms with Crippen LogP contribution >= 0.6 is 11.6 Å². The first-order chi connectivity index (χ1) is 6.61. The lowest BCUT2D eigenvalue weighted by atomic mass is 10.1. The van der Waals surface area contributed by atoms with Crippen LogP contribution in [-0.4, -0.2) is 10.1 Å². The maximum absolute atomic E-state index is 9.62. The van der Waals surface area contributed by atoms with Gasteiger partial charge < -0.3 is 10.1 Å². The number of para-hydroxylation sites is 1. The Morgan fingerprint density at radius 1 is 1.43 bits per heavy atom. The normalized spacial score (nSPS) is 13.4. The molecule has 0 spiro atoms. The van der Waals surface area contributed by atoms with E-state index in [1.165, 1.54) is 0 Å². The molecule has 2 nitrogen and oxygen atoms in total. The Morgan fingerprint density at radius 3 is 2.79 bits per heavy atom. The monoisotopic (exact) mass is 209 g/mol. The predicted octanol–water partition coefficient (Wildman–Crippen LogP) is 3.18. The van der Waals surface area contributed by atoms with E-state index >= 15 is 0 Å². The number of rotatable bonds is 1. The van der Waals surface area contributed by atoms with E-state index in [2.05, 4.69) is 4.98 Å². The SMILES string of the molecule is Cc1[nH]c2c(Cl)cccc2c1C(C)O.